The van der Waals surface area contributed by atoms with Gasteiger partial charge in [-0.05, 0) is 36.4 Å². The number of hydrogen-bond acceptors (Lipinski definition) is 4. The standard InChI is InChI=1S/C19H22N2O4/c22-13-19(7-9-25-10-8-19)12-20-17(23)6-5-15-11-14-3-1-2-4-16(14)21-18(15)24/h1-6,11,22H,7-10,12-13H2,(H,20,23)(H,21,24)/b6-5+. The van der Waals surface area contributed by atoms with Crippen molar-refractivity contribution in [3.63, 3.8) is 0 Å². The highest BCUT2D eigenvalue weighted by Gasteiger charge is 2.32. The maximum absolute atomic E-state index is 12.1. The predicted molar refractivity (Wildman–Crippen MR) is 96.2 cm³/mol. The third-order valence-corrected chi connectivity index (χ3v) is 4.72. The average molecular weight is 342 g/mol. The summed E-state index contributed by atoms with van der Waals surface area (Å²) in [6.07, 6.45) is 4.30. The number of fused-ring (bicyclic) bond motifs is 1. The van der Waals surface area contributed by atoms with Crippen LogP contribution in [-0.4, -0.2) is 42.4 Å². The summed E-state index contributed by atoms with van der Waals surface area (Å²) >= 11 is 0. The van der Waals surface area contributed by atoms with Gasteiger partial charge in [-0.25, -0.2) is 0 Å². The lowest BCUT2D eigenvalue weighted by atomic mass is 9.81. The van der Waals surface area contributed by atoms with Gasteiger partial charge >= 0.3 is 0 Å². The van der Waals surface area contributed by atoms with E-state index in [9.17, 15) is 14.7 Å². The van der Waals surface area contributed by atoms with Crippen LogP contribution in [0.5, 0.6) is 0 Å². The van der Waals surface area contributed by atoms with E-state index in [2.05, 4.69) is 10.3 Å². The number of pyridine rings is 1. The first-order chi connectivity index (χ1) is 12.1. The zero-order valence-electron chi connectivity index (χ0n) is 14.0. The highest BCUT2D eigenvalue weighted by Crippen LogP contribution is 2.28. The van der Waals surface area contributed by atoms with E-state index in [0.717, 1.165) is 23.7 Å². The topological polar surface area (TPSA) is 91.4 Å². The van der Waals surface area contributed by atoms with E-state index in [0.29, 0.717) is 25.3 Å². The van der Waals surface area contributed by atoms with Crippen molar-refractivity contribution in [2.45, 2.75) is 12.8 Å². The maximum Gasteiger partial charge on any atom is 0.255 e. The molecule has 6 heteroatoms. The molecule has 1 saturated heterocycles. The summed E-state index contributed by atoms with van der Waals surface area (Å²) in [6.45, 7) is 1.60. The van der Waals surface area contributed by atoms with Crippen LogP contribution in [0, 0.1) is 5.41 Å². The Labute approximate surface area is 145 Å². The van der Waals surface area contributed by atoms with E-state index in [-0.39, 0.29) is 23.5 Å². The van der Waals surface area contributed by atoms with Crippen molar-refractivity contribution in [1.82, 2.24) is 10.3 Å². The summed E-state index contributed by atoms with van der Waals surface area (Å²) in [5, 5.41) is 13.4. The average Bonchev–Trinajstić information content (AvgIpc) is 2.65. The number of hydrogen-bond donors (Lipinski definition) is 3. The van der Waals surface area contributed by atoms with Crippen LogP contribution in [0.15, 0.2) is 41.2 Å². The molecule has 1 aliphatic rings. The second-order valence-electron chi connectivity index (χ2n) is 6.46. The van der Waals surface area contributed by atoms with Crippen LogP contribution in [0.1, 0.15) is 18.4 Å². The van der Waals surface area contributed by atoms with Crippen molar-refractivity contribution in [2.75, 3.05) is 26.4 Å². The minimum atomic E-state index is -0.317. The van der Waals surface area contributed by atoms with Crippen molar-refractivity contribution in [2.24, 2.45) is 5.41 Å². The molecule has 0 aliphatic carbocycles. The number of nitrogens with one attached hydrogen (secondary N) is 2. The Kier molecular flexibility index (Phi) is 5.31. The number of amides is 1. The van der Waals surface area contributed by atoms with Crippen LogP contribution in [0.2, 0.25) is 0 Å². The summed E-state index contributed by atoms with van der Waals surface area (Å²) in [5.74, 6) is -0.285. The normalized spacial score (nSPS) is 17.0. The number of rotatable bonds is 5. The molecule has 3 N–H and O–H groups in total. The summed E-state index contributed by atoms with van der Waals surface area (Å²) in [4.78, 5) is 26.9. The van der Waals surface area contributed by atoms with Crippen molar-refractivity contribution in [1.29, 1.82) is 0 Å². The third-order valence-electron chi connectivity index (χ3n) is 4.72. The maximum atomic E-state index is 12.1. The van der Waals surface area contributed by atoms with Gasteiger partial charge in [-0.2, -0.15) is 0 Å². The smallest absolute Gasteiger partial charge is 0.255 e. The fourth-order valence-electron chi connectivity index (χ4n) is 2.98. The highest BCUT2D eigenvalue weighted by molar-refractivity contribution is 5.92. The number of para-hydroxylation sites is 1. The molecule has 1 aromatic carbocycles. The van der Waals surface area contributed by atoms with Gasteiger partial charge in [0.1, 0.15) is 0 Å². The summed E-state index contributed by atoms with van der Waals surface area (Å²) in [5.41, 5.74) is 0.636. The molecule has 0 bridgehead atoms. The van der Waals surface area contributed by atoms with E-state index in [1.807, 2.05) is 24.3 Å². The van der Waals surface area contributed by atoms with Crippen LogP contribution in [-0.2, 0) is 9.53 Å². The molecule has 0 saturated carbocycles. The number of aromatic nitrogens is 1. The minimum absolute atomic E-state index is 0.0185. The van der Waals surface area contributed by atoms with E-state index in [1.54, 1.807) is 6.07 Å². The van der Waals surface area contributed by atoms with Gasteiger partial charge in [0.05, 0.1) is 6.61 Å². The Hall–Kier alpha value is -2.44. The number of aliphatic hydroxyl groups excluding tert-OH is 1. The molecule has 2 heterocycles. The monoisotopic (exact) mass is 342 g/mol. The predicted octanol–water partition coefficient (Wildman–Crippen LogP) is 1.45. The van der Waals surface area contributed by atoms with Gasteiger partial charge < -0.3 is 20.1 Å². The molecule has 25 heavy (non-hydrogen) atoms. The first-order valence-electron chi connectivity index (χ1n) is 8.38. The van der Waals surface area contributed by atoms with Gasteiger partial charge in [-0.15, -0.1) is 0 Å². The van der Waals surface area contributed by atoms with Crippen molar-refractivity contribution >= 4 is 22.9 Å². The Bertz CT molecular complexity index is 835. The molecule has 132 valence electrons. The molecule has 1 aliphatic heterocycles. The molecule has 0 spiro atoms. The zero-order valence-corrected chi connectivity index (χ0v) is 14.0. The molecule has 1 aromatic heterocycles. The molecule has 0 radical (unpaired) electrons. The minimum Gasteiger partial charge on any atom is -0.396 e. The third kappa shape index (κ3) is 4.15. The Morgan fingerprint density at radius 1 is 1.32 bits per heavy atom. The number of ether oxygens (including phenoxy) is 1. The van der Waals surface area contributed by atoms with Crippen LogP contribution in [0.4, 0.5) is 0 Å². The number of benzene rings is 1. The summed E-state index contributed by atoms with van der Waals surface area (Å²) in [7, 11) is 0. The number of aliphatic hydroxyl groups is 1. The molecule has 0 unspecified atom stereocenters. The Morgan fingerprint density at radius 3 is 2.84 bits per heavy atom. The van der Waals surface area contributed by atoms with Crippen LogP contribution >= 0.6 is 0 Å². The lowest BCUT2D eigenvalue weighted by molar-refractivity contribution is -0.117. The first kappa shape index (κ1) is 17.4. The molecule has 0 atom stereocenters. The second kappa shape index (κ2) is 7.63. The van der Waals surface area contributed by atoms with Crippen LogP contribution in [0.25, 0.3) is 17.0 Å². The SMILES string of the molecule is O=C(/C=C/c1cc2ccccc2[nH]c1=O)NCC1(CO)CCOCC1. The van der Waals surface area contributed by atoms with E-state index >= 15 is 0 Å². The largest absolute Gasteiger partial charge is 0.396 e. The lowest BCUT2D eigenvalue weighted by Crippen LogP contribution is -2.43. The quantitative estimate of drug-likeness (QED) is 0.717. The van der Waals surface area contributed by atoms with Gasteiger partial charge in [0.2, 0.25) is 5.91 Å². The van der Waals surface area contributed by atoms with E-state index < -0.39 is 0 Å². The van der Waals surface area contributed by atoms with Crippen LogP contribution in [0.3, 0.4) is 0 Å². The Balaban J connectivity index is 1.66. The lowest BCUT2D eigenvalue weighted by Gasteiger charge is -2.35. The molecule has 1 fully saturated rings. The summed E-state index contributed by atoms with van der Waals surface area (Å²) in [6, 6.07) is 9.24. The first-order valence-corrected chi connectivity index (χ1v) is 8.38. The number of aromatic amines is 1. The van der Waals surface area contributed by atoms with Crippen molar-refractivity contribution in [3.8, 4) is 0 Å². The van der Waals surface area contributed by atoms with Gasteiger partial charge in [0.25, 0.3) is 5.56 Å². The molecule has 2 aromatic rings. The number of H-pyrrole nitrogens is 1. The molecular weight excluding hydrogens is 320 g/mol. The van der Waals surface area contributed by atoms with Crippen LogP contribution < -0.4 is 10.9 Å². The van der Waals surface area contributed by atoms with Gasteiger partial charge in [-0.3, -0.25) is 9.59 Å². The van der Waals surface area contributed by atoms with Crippen molar-refractivity contribution < 1.29 is 14.6 Å². The fraction of sp³-hybridized carbons (Fsp3) is 0.368. The molecular formula is C19H22N2O4. The van der Waals surface area contributed by atoms with E-state index in [1.165, 1.54) is 12.2 Å². The fourth-order valence-corrected chi connectivity index (χ4v) is 2.98. The number of carbonyl (C=O) groups is 1. The highest BCUT2D eigenvalue weighted by atomic mass is 16.5. The molecule has 3 rings (SSSR count). The number of carbonyl (C=O) groups excluding carboxylic acids is 1. The zero-order chi connectivity index (χ0) is 17.7. The second-order valence-corrected chi connectivity index (χ2v) is 6.46. The van der Waals surface area contributed by atoms with Crippen molar-refractivity contribution in [3.05, 3.63) is 52.3 Å². The van der Waals surface area contributed by atoms with E-state index in [4.69, 9.17) is 4.74 Å². The van der Waals surface area contributed by atoms with Gasteiger partial charge in [0.15, 0.2) is 0 Å². The Morgan fingerprint density at radius 2 is 2.08 bits per heavy atom. The van der Waals surface area contributed by atoms with Gasteiger partial charge in [0, 0.05) is 42.3 Å². The molecule has 1 amide bonds. The van der Waals surface area contributed by atoms with Gasteiger partial charge in [-0.1, -0.05) is 18.2 Å². The molecule has 6 nitrogen and oxygen atoms in total. The summed E-state index contributed by atoms with van der Waals surface area (Å²) < 4.78 is 5.31.